The lowest BCUT2D eigenvalue weighted by molar-refractivity contribution is 0.242. The first-order valence-electron chi connectivity index (χ1n) is 7.46. The highest BCUT2D eigenvalue weighted by Gasteiger charge is 2.27. The normalized spacial score (nSPS) is 15.3. The summed E-state index contributed by atoms with van der Waals surface area (Å²) < 4.78 is 24.9. The number of hydrogen-bond acceptors (Lipinski definition) is 2. The standard InChI is InChI=1S/C20H15FO2/c1-22-15-9-6-13(7-10-15)20-18-5-3-2-4-16(18)17-11-8-14(21)12-19(17)23-20/h2-12,20H,1H3. The second-order valence-electron chi connectivity index (χ2n) is 5.50. The first-order valence-corrected chi connectivity index (χ1v) is 7.46. The maximum Gasteiger partial charge on any atom is 0.149 e. The monoisotopic (exact) mass is 306 g/mol. The van der Waals surface area contributed by atoms with E-state index in [1.807, 2.05) is 42.5 Å². The average Bonchev–Trinajstić information content (AvgIpc) is 2.61. The van der Waals surface area contributed by atoms with E-state index in [2.05, 4.69) is 6.07 Å². The molecular weight excluding hydrogens is 291 g/mol. The molecule has 3 aromatic rings. The van der Waals surface area contributed by atoms with Crippen LogP contribution in [0.5, 0.6) is 11.5 Å². The van der Waals surface area contributed by atoms with Gasteiger partial charge in [0.15, 0.2) is 0 Å². The Kier molecular flexibility index (Phi) is 3.27. The Morgan fingerprint density at radius 1 is 0.913 bits per heavy atom. The van der Waals surface area contributed by atoms with Gasteiger partial charge in [-0.15, -0.1) is 0 Å². The minimum atomic E-state index is -0.295. The van der Waals surface area contributed by atoms with E-state index in [0.717, 1.165) is 28.0 Å². The van der Waals surface area contributed by atoms with Gasteiger partial charge in [0.25, 0.3) is 0 Å². The summed E-state index contributed by atoms with van der Waals surface area (Å²) in [5.41, 5.74) is 4.09. The fourth-order valence-corrected chi connectivity index (χ4v) is 3.00. The van der Waals surface area contributed by atoms with Crippen molar-refractivity contribution in [1.82, 2.24) is 0 Å². The fourth-order valence-electron chi connectivity index (χ4n) is 3.00. The van der Waals surface area contributed by atoms with Gasteiger partial charge >= 0.3 is 0 Å². The SMILES string of the molecule is COc1ccc(C2Oc3cc(F)ccc3-c3ccccc32)cc1. The van der Waals surface area contributed by atoms with E-state index in [1.54, 1.807) is 13.2 Å². The van der Waals surface area contributed by atoms with Gasteiger partial charge in [-0.25, -0.2) is 4.39 Å². The van der Waals surface area contributed by atoms with Crippen molar-refractivity contribution in [3.8, 4) is 22.6 Å². The van der Waals surface area contributed by atoms with E-state index < -0.39 is 0 Å². The summed E-state index contributed by atoms with van der Waals surface area (Å²) in [5.74, 6) is 1.07. The van der Waals surface area contributed by atoms with E-state index >= 15 is 0 Å². The second-order valence-corrected chi connectivity index (χ2v) is 5.50. The van der Waals surface area contributed by atoms with Gasteiger partial charge < -0.3 is 9.47 Å². The van der Waals surface area contributed by atoms with E-state index in [9.17, 15) is 4.39 Å². The molecule has 0 spiro atoms. The van der Waals surface area contributed by atoms with Crippen LogP contribution in [0.4, 0.5) is 4.39 Å². The Morgan fingerprint density at radius 3 is 2.48 bits per heavy atom. The van der Waals surface area contributed by atoms with Crippen molar-refractivity contribution in [2.24, 2.45) is 0 Å². The van der Waals surface area contributed by atoms with E-state index in [-0.39, 0.29) is 11.9 Å². The van der Waals surface area contributed by atoms with Gasteiger partial charge in [0.1, 0.15) is 23.4 Å². The number of benzene rings is 3. The summed E-state index contributed by atoms with van der Waals surface area (Å²) in [5, 5.41) is 0. The number of hydrogen-bond donors (Lipinski definition) is 0. The minimum Gasteiger partial charge on any atom is -0.497 e. The first kappa shape index (κ1) is 13.8. The molecule has 0 radical (unpaired) electrons. The molecule has 0 amide bonds. The molecule has 0 N–H and O–H groups in total. The largest absolute Gasteiger partial charge is 0.497 e. The third-order valence-corrected chi connectivity index (χ3v) is 4.14. The Bertz CT molecular complexity index is 856. The van der Waals surface area contributed by atoms with Gasteiger partial charge in [-0.05, 0) is 35.4 Å². The van der Waals surface area contributed by atoms with Crippen molar-refractivity contribution in [2.45, 2.75) is 6.10 Å². The van der Waals surface area contributed by atoms with Gasteiger partial charge in [0.05, 0.1) is 7.11 Å². The molecule has 1 aliphatic heterocycles. The van der Waals surface area contributed by atoms with Gasteiger partial charge in [0, 0.05) is 17.2 Å². The van der Waals surface area contributed by atoms with Crippen LogP contribution in [0.2, 0.25) is 0 Å². The highest BCUT2D eigenvalue weighted by molar-refractivity contribution is 5.76. The summed E-state index contributed by atoms with van der Waals surface area (Å²) in [6.07, 6.45) is -0.258. The molecule has 114 valence electrons. The van der Waals surface area contributed by atoms with E-state index in [0.29, 0.717) is 5.75 Å². The van der Waals surface area contributed by atoms with Crippen LogP contribution in [0, 0.1) is 5.82 Å². The first-order chi connectivity index (χ1) is 11.3. The number of rotatable bonds is 2. The zero-order valence-corrected chi connectivity index (χ0v) is 12.6. The number of halogens is 1. The zero-order chi connectivity index (χ0) is 15.8. The van der Waals surface area contributed by atoms with Crippen LogP contribution in [-0.4, -0.2) is 7.11 Å². The predicted octanol–water partition coefficient (Wildman–Crippen LogP) is 4.98. The van der Waals surface area contributed by atoms with Crippen molar-refractivity contribution in [2.75, 3.05) is 7.11 Å². The number of ether oxygens (including phenoxy) is 2. The lowest BCUT2D eigenvalue weighted by Gasteiger charge is -2.29. The van der Waals surface area contributed by atoms with Crippen LogP contribution in [0.3, 0.4) is 0 Å². The quantitative estimate of drug-likeness (QED) is 0.664. The lowest BCUT2D eigenvalue weighted by Crippen LogP contribution is -2.15. The maximum atomic E-state index is 13.6. The third-order valence-electron chi connectivity index (χ3n) is 4.14. The van der Waals surface area contributed by atoms with Gasteiger partial charge in [-0.3, -0.25) is 0 Å². The van der Waals surface area contributed by atoms with Crippen molar-refractivity contribution in [3.63, 3.8) is 0 Å². The highest BCUT2D eigenvalue weighted by Crippen LogP contribution is 2.44. The Morgan fingerprint density at radius 2 is 1.70 bits per heavy atom. The summed E-state index contributed by atoms with van der Waals surface area (Å²) in [6, 6.07) is 20.5. The number of fused-ring (bicyclic) bond motifs is 3. The molecule has 3 heteroatoms. The molecule has 0 aromatic heterocycles. The summed E-state index contributed by atoms with van der Waals surface area (Å²) in [7, 11) is 1.64. The summed E-state index contributed by atoms with van der Waals surface area (Å²) >= 11 is 0. The molecule has 0 aliphatic carbocycles. The van der Waals surface area contributed by atoms with Crippen LogP contribution in [0.15, 0.2) is 66.7 Å². The van der Waals surface area contributed by atoms with Crippen molar-refractivity contribution >= 4 is 0 Å². The van der Waals surface area contributed by atoms with Gasteiger partial charge in [-0.2, -0.15) is 0 Å². The molecule has 1 aliphatic rings. The lowest BCUT2D eigenvalue weighted by atomic mass is 9.90. The van der Waals surface area contributed by atoms with Crippen LogP contribution in [0.1, 0.15) is 17.2 Å². The van der Waals surface area contributed by atoms with Crippen molar-refractivity contribution in [1.29, 1.82) is 0 Å². The predicted molar refractivity (Wildman–Crippen MR) is 87.3 cm³/mol. The molecule has 1 heterocycles. The summed E-state index contributed by atoms with van der Waals surface area (Å²) in [4.78, 5) is 0. The maximum absolute atomic E-state index is 13.6. The molecule has 1 atom stereocenters. The summed E-state index contributed by atoms with van der Waals surface area (Å²) in [6.45, 7) is 0. The molecular formula is C20H15FO2. The smallest absolute Gasteiger partial charge is 0.149 e. The third kappa shape index (κ3) is 2.34. The molecule has 3 aromatic carbocycles. The van der Waals surface area contributed by atoms with Crippen LogP contribution < -0.4 is 9.47 Å². The Labute approximate surface area is 134 Å². The highest BCUT2D eigenvalue weighted by atomic mass is 19.1. The Balaban J connectivity index is 1.85. The van der Waals surface area contributed by atoms with Crippen LogP contribution in [-0.2, 0) is 0 Å². The van der Waals surface area contributed by atoms with E-state index in [1.165, 1.54) is 12.1 Å². The minimum absolute atomic E-state index is 0.258. The van der Waals surface area contributed by atoms with Crippen LogP contribution in [0.25, 0.3) is 11.1 Å². The number of methoxy groups -OCH3 is 1. The molecule has 0 bridgehead atoms. The topological polar surface area (TPSA) is 18.5 Å². The molecule has 4 rings (SSSR count). The van der Waals surface area contributed by atoms with Gasteiger partial charge in [0.2, 0.25) is 0 Å². The molecule has 0 saturated carbocycles. The average molecular weight is 306 g/mol. The molecule has 2 nitrogen and oxygen atoms in total. The molecule has 0 fully saturated rings. The van der Waals surface area contributed by atoms with E-state index in [4.69, 9.17) is 9.47 Å². The Hall–Kier alpha value is -2.81. The van der Waals surface area contributed by atoms with Crippen LogP contribution >= 0.6 is 0 Å². The van der Waals surface area contributed by atoms with Crippen molar-refractivity contribution in [3.05, 3.63) is 83.7 Å². The zero-order valence-electron chi connectivity index (χ0n) is 12.6. The second kappa shape index (κ2) is 5.43. The molecule has 23 heavy (non-hydrogen) atoms. The molecule has 1 unspecified atom stereocenters. The van der Waals surface area contributed by atoms with Gasteiger partial charge in [-0.1, -0.05) is 36.4 Å². The fraction of sp³-hybridized carbons (Fsp3) is 0.100. The molecule has 0 saturated heterocycles. The van der Waals surface area contributed by atoms with Crippen molar-refractivity contribution < 1.29 is 13.9 Å².